The molecule has 1 aromatic rings. The summed E-state index contributed by atoms with van der Waals surface area (Å²) >= 11 is 0. The first-order chi connectivity index (χ1) is 9.78. The van der Waals surface area contributed by atoms with Gasteiger partial charge in [0.1, 0.15) is 0 Å². The van der Waals surface area contributed by atoms with Crippen LogP contribution >= 0.6 is 24.0 Å². The molecule has 21 heavy (non-hydrogen) atoms. The fourth-order valence-corrected chi connectivity index (χ4v) is 2.98. The van der Waals surface area contributed by atoms with Gasteiger partial charge in [0.2, 0.25) is 0 Å². The SMILES string of the molecule is CN=C(NCC1CC1)N1CCC(C)C(n2ccnc2)C1.I. The van der Waals surface area contributed by atoms with Crippen molar-refractivity contribution in [2.24, 2.45) is 16.8 Å². The van der Waals surface area contributed by atoms with Gasteiger partial charge in [-0.15, -0.1) is 24.0 Å². The fourth-order valence-electron chi connectivity index (χ4n) is 2.98. The van der Waals surface area contributed by atoms with E-state index in [0.717, 1.165) is 31.5 Å². The lowest BCUT2D eigenvalue weighted by atomic mass is 9.93. The number of rotatable bonds is 3. The molecule has 1 aliphatic carbocycles. The van der Waals surface area contributed by atoms with Crippen molar-refractivity contribution in [2.75, 3.05) is 26.7 Å². The maximum atomic E-state index is 4.46. The van der Waals surface area contributed by atoms with Crippen LogP contribution in [0.5, 0.6) is 0 Å². The largest absolute Gasteiger partial charge is 0.356 e. The van der Waals surface area contributed by atoms with E-state index in [2.05, 4.69) is 37.9 Å². The first-order valence-electron chi connectivity index (χ1n) is 7.71. The fraction of sp³-hybridized carbons (Fsp3) is 0.733. The molecule has 6 heteroatoms. The molecule has 0 radical (unpaired) electrons. The third kappa shape index (κ3) is 4.11. The van der Waals surface area contributed by atoms with Gasteiger partial charge >= 0.3 is 0 Å². The Morgan fingerprint density at radius 1 is 1.38 bits per heavy atom. The second kappa shape index (κ2) is 7.47. The smallest absolute Gasteiger partial charge is 0.193 e. The summed E-state index contributed by atoms with van der Waals surface area (Å²) in [4.78, 5) is 11.0. The Morgan fingerprint density at radius 3 is 2.81 bits per heavy atom. The molecule has 0 amide bonds. The summed E-state index contributed by atoms with van der Waals surface area (Å²) in [6.07, 6.45) is 9.83. The van der Waals surface area contributed by atoms with Gasteiger partial charge in [-0.2, -0.15) is 0 Å². The minimum Gasteiger partial charge on any atom is -0.356 e. The maximum absolute atomic E-state index is 4.46. The average Bonchev–Trinajstić information content (AvgIpc) is 3.13. The molecule has 118 valence electrons. The molecule has 1 aliphatic heterocycles. The predicted octanol–water partition coefficient (Wildman–Crippen LogP) is 2.37. The highest BCUT2D eigenvalue weighted by atomic mass is 127. The lowest BCUT2D eigenvalue weighted by molar-refractivity contribution is 0.189. The average molecular weight is 403 g/mol. The van der Waals surface area contributed by atoms with Crippen molar-refractivity contribution < 1.29 is 0 Å². The van der Waals surface area contributed by atoms with Crippen LogP contribution in [0.4, 0.5) is 0 Å². The van der Waals surface area contributed by atoms with Gasteiger partial charge in [0.05, 0.1) is 12.4 Å². The highest BCUT2D eigenvalue weighted by Gasteiger charge is 2.29. The van der Waals surface area contributed by atoms with Crippen molar-refractivity contribution in [3.05, 3.63) is 18.7 Å². The Balaban J connectivity index is 0.00000161. The second-order valence-electron chi connectivity index (χ2n) is 6.16. The van der Waals surface area contributed by atoms with Gasteiger partial charge in [0, 0.05) is 39.1 Å². The number of hydrogen-bond acceptors (Lipinski definition) is 2. The van der Waals surface area contributed by atoms with Crippen LogP contribution in [0.15, 0.2) is 23.7 Å². The highest BCUT2D eigenvalue weighted by Crippen LogP contribution is 2.29. The number of aromatic nitrogens is 2. The van der Waals surface area contributed by atoms with Gasteiger partial charge < -0.3 is 14.8 Å². The van der Waals surface area contributed by atoms with Crippen molar-refractivity contribution in [3.63, 3.8) is 0 Å². The number of nitrogens with zero attached hydrogens (tertiary/aromatic N) is 4. The van der Waals surface area contributed by atoms with Crippen LogP contribution in [0.3, 0.4) is 0 Å². The van der Waals surface area contributed by atoms with Crippen LogP contribution in [-0.4, -0.2) is 47.1 Å². The van der Waals surface area contributed by atoms with Crippen LogP contribution in [-0.2, 0) is 0 Å². The van der Waals surface area contributed by atoms with Crippen LogP contribution in [0.2, 0.25) is 0 Å². The molecule has 5 nitrogen and oxygen atoms in total. The van der Waals surface area contributed by atoms with Crippen LogP contribution in [0.25, 0.3) is 0 Å². The molecule has 2 fully saturated rings. The summed E-state index contributed by atoms with van der Waals surface area (Å²) in [6.45, 7) is 5.52. The molecule has 3 rings (SSSR count). The van der Waals surface area contributed by atoms with Gasteiger partial charge in [-0.25, -0.2) is 4.98 Å². The first-order valence-corrected chi connectivity index (χ1v) is 7.71. The summed E-state index contributed by atoms with van der Waals surface area (Å²) in [6, 6.07) is 0.491. The van der Waals surface area contributed by atoms with E-state index in [1.165, 1.54) is 19.3 Å². The summed E-state index contributed by atoms with van der Waals surface area (Å²) in [5, 5.41) is 3.53. The molecule has 0 bridgehead atoms. The molecule has 2 heterocycles. The minimum atomic E-state index is 0. The monoisotopic (exact) mass is 403 g/mol. The Labute approximate surface area is 144 Å². The molecule has 2 unspecified atom stereocenters. The van der Waals surface area contributed by atoms with E-state index in [4.69, 9.17) is 0 Å². The molecule has 1 aromatic heterocycles. The molecule has 2 atom stereocenters. The summed E-state index contributed by atoms with van der Waals surface area (Å²) in [5.41, 5.74) is 0. The normalized spacial score (nSPS) is 26.4. The molecule has 1 N–H and O–H groups in total. The maximum Gasteiger partial charge on any atom is 0.193 e. The van der Waals surface area contributed by atoms with E-state index >= 15 is 0 Å². The Morgan fingerprint density at radius 2 is 2.19 bits per heavy atom. The van der Waals surface area contributed by atoms with E-state index in [9.17, 15) is 0 Å². The van der Waals surface area contributed by atoms with Gasteiger partial charge in [-0.05, 0) is 31.1 Å². The highest BCUT2D eigenvalue weighted by molar-refractivity contribution is 14.0. The topological polar surface area (TPSA) is 45.5 Å². The Kier molecular flexibility index (Phi) is 5.89. The first kappa shape index (κ1) is 16.6. The van der Waals surface area contributed by atoms with Crippen LogP contribution < -0.4 is 5.32 Å². The van der Waals surface area contributed by atoms with Crippen molar-refractivity contribution in [1.29, 1.82) is 0 Å². The van der Waals surface area contributed by atoms with E-state index in [1.54, 1.807) is 0 Å². The third-order valence-corrected chi connectivity index (χ3v) is 4.58. The third-order valence-electron chi connectivity index (χ3n) is 4.58. The number of nitrogens with one attached hydrogen (secondary N) is 1. The molecule has 1 saturated heterocycles. The molecular weight excluding hydrogens is 377 g/mol. The van der Waals surface area contributed by atoms with Crippen molar-refractivity contribution in [3.8, 4) is 0 Å². The van der Waals surface area contributed by atoms with E-state index in [1.807, 2.05) is 19.6 Å². The zero-order chi connectivity index (χ0) is 13.9. The zero-order valence-electron chi connectivity index (χ0n) is 12.9. The number of likely N-dealkylation sites (tertiary alicyclic amines) is 1. The number of guanidine groups is 1. The van der Waals surface area contributed by atoms with E-state index in [0.29, 0.717) is 12.0 Å². The van der Waals surface area contributed by atoms with E-state index in [-0.39, 0.29) is 24.0 Å². The molecular formula is C15H26IN5. The molecule has 1 saturated carbocycles. The number of piperidine rings is 1. The van der Waals surface area contributed by atoms with Crippen molar-refractivity contribution >= 4 is 29.9 Å². The van der Waals surface area contributed by atoms with Gasteiger partial charge in [0.15, 0.2) is 5.96 Å². The number of halogens is 1. The van der Waals surface area contributed by atoms with E-state index < -0.39 is 0 Å². The summed E-state index contributed by atoms with van der Waals surface area (Å²) in [5.74, 6) is 2.62. The van der Waals surface area contributed by atoms with Gasteiger partial charge in [-0.1, -0.05) is 6.92 Å². The lowest BCUT2D eigenvalue weighted by Gasteiger charge is -2.39. The Hall–Kier alpha value is -0.790. The number of imidazole rings is 1. The number of hydrogen-bond donors (Lipinski definition) is 1. The number of aliphatic imine (C=N–C) groups is 1. The second-order valence-corrected chi connectivity index (χ2v) is 6.16. The van der Waals surface area contributed by atoms with Crippen LogP contribution in [0, 0.1) is 11.8 Å². The van der Waals surface area contributed by atoms with Gasteiger partial charge in [-0.3, -0.25) is 4.99 Å². The van der Waals surface area contributed by atoms with Gasteiger partial charge in [0.25, 0.3) is 0 Å². The van der Waals surface area contributed by atoms with Crippen LogP contribution in [0.1, 0.15) is 32.2 Å². The zero-order valence-corrected chi connectivity index (χ0v) is 15.2. The predicted molar refractivity (Wildman–Crippen MR) is 96.1 cm³/mol. The van der Waals surface area contributed by atoms with Crippen molar-refractivity contribution in [1.82, 2.24) is 19.8 Å². The quantitative estimate of drug-likeness (QED) is 0.479. The Bertz CT molecular complexity index is 455. The lowest BCUT2D eigenvalue weighted by Crippen LogP contribution is -2.49. The summed E-state index contributed by atoms with van der Waals surface area (Å²) in [7, 11) is 1.89. The molecule has 2 aliphatic rings. The minimum absolute atomic E-state index is 0. The van der Waals surface area contributed by atoms with Crippen molar-refractivity contribution in [2.45, 2.75) is 32.2 Å². The molecule has 0 spiro atoms. The molecule has 0 aromatic carbocycles. The standard InChI is InChI=1S/C15H25N5.HI/c1-12-5-7-19(10-14(12)20-8-6-17-11-20)15(16-2)18-9-13-3-4-13;/h6,8,11-14H,3-5,7,9-10H2,1-2H3,(H,16,18);1H. The summed E-state index contributed by atoms with van der Waals surface area (Å²) < 4.78 is 2.24.